The first-order valence-electron chi connectivity index (χ1n) is 8.84. The summed E-state index contributed by atoms with van der Waals surface area (Å²) in [6.45, 7) is 2.34. The van der Waals surface area contributed by atoms with Crippen LogP contribution in [0.2, 0.25) is 5.02 Å². The van der Waals surface area contributed by atoms with Gasteiger partial charge in [-0.05, 0) is 29.7 Å². The minimum atomic E-state index is -0.558. The average molecular weight is 373 g/mol. The summed E-state index contributed by atoms with van der Waals surface area (Å²) in [6.07, 6.45) is 1.63. The number of carbonyl (C=O) groups excluding carboxylic acids is 2. The van der Waals surface area contributed by atoms with Crippen LogP contribution in [0.5, 0.6) is 0 Å². The maximum absolute atomic E-state index is 12.8. The van der Waals surface area contributed by atoms with Crippen molar-refractivity contribution in [1.29, 1.82) is 0 Å². The predicted molar refractivity (Wildman–Crippen MR) is 105 cm³/mol. The molecule has 2 aromatic rings. The first-order chi connectivity index (χ1) is 12.5. The minimum absolute atomic E-state index is 0.0213. The number of amides is 2. The van der Waals surface area contributed by atoms with Crippen molar-refractivity contribution in [3.8, 4) is 0 Å². The second kappa shape index (κ2) is 9.97. The fourth-order valence-corrected chi connectivity index (χ4v) is 2.99. The van der Waals surface area contributed by atoms with Crippen LogP contribution < -0.4 is 5.32 Å². The lowest BCUT2D eigenvalue weighted by Gasteiger charge is -2.31. The Kier molecular flexibility index (Phi) is 7.67. The zero-order valence-corrected chi connectivity index (χ0v) is 16.0. The molecule has 2 rings (SSSR count). The van der Waals surface area contributed by atoms with Gasteiger partial charge < -0.3 is 10.2 Å². The summed E-state index contributed by atoms with van der Waals surface area (Å²) >= 11 is 5.96. The van der Waals surface area contributed by atoms with Crippen LogP contribution in [0.4, 0.5) is 0 Å². The Bertz CT molecular complexity index is 717. The molecule has 1 N–H and O–H groups in total. The third-order valence-corrected chi connectivity index (χ3v) is 4.50. The molecular weight excluding hydrogens is 348 g/mol. The lowest BCUT2D eigenvalue weighted by molar-refractivity contribution is -0.141. The van der Waals surface area contributed by atoms with Gasteiger partial charge in [-0.3, -0.25) is 9.59 Å². The molecule has 26 heavy (non-hydrogen) atoms. The molecule has 0 saturated carbocycles. The summed E-state index contributed by atoms with van der Waals surface area (Å²) in [6, 6.07) is 16.6. The van der Waals surface area contributed by atoms with Gasteiger partial charge in [0.25, 0.3) is 0 Å². The summed E-state index contributed by atoms with van der Waals surface area (Å²) in [5.41, 5.74) is 1.97. The molecule has 4 nitrogen and oxygen atoms in total. The van der Waals surface area contributed by atoms with E-state index in [0.717, 1.165) is 17.5 Å². The van der Waals surface area contributed by atoms with Gasteiger partial charge in [-0.25, -0.2) is 0 Å². The maximum atomic E-state index is 12.8. The van der Waals surface area contributed by atoms with Crippen molar-refractivity contribution in [2.75, 3.05) is 7.05 Å². The Balaban J connectivity index is 2.31. The number of hydrogen-bond acceptors (Lipinski definition) is 2. The molecule has 138 valence electrons. The molecule has 0 aliphatic carbocycles. The zero-order valence-electron chi connectivity index (χ0n) is 15.2. The Morgan fingerprint density at radius 3 is 2.27 bits per heavy atom. The lowest BCUT2D eigenvalue weighted by Crippen LogP contribution is -2.49. The van der Waals surface area contributed by atoms with Gasteiger partial charge in [-0.15, -0.1) is 0 Å². The van der Waals surface area contributed by atoms with E-state index < -0.39 is 6.04 Å². The van der Waals surface area contributed by atoms with E-state index in [1.807, 2.05) is 49.4 Å². The van der Waals surface area contributed by atoms with Gasteiger partial charge >= 0.3 is 0 Å². The molecule has 2 aromatic carbocycles. The number of hydrogen-bond donors (Lipinski definition) is 1. The van der Waals surface area contributed by atoms with Crippen LogP contribution in [-0.4, -0.2) is 29.8 Å². The van der Waals surface area contributed by atoms with Crippen LogP contribution in [-0.2, 0) is 22.6 Å². The number of nitrogens with zero attached hydrogens (tertiary/aromatic N) is 1. The highest BCUT2D eigenvalue weighted by Crippen LogP contribution is 2.17. The van der Waals surface area contributed by atoms with E-state index in [-0.39, 0.29) is 11.8 Å². The molecule has 0 aliphatic rings. The summed E-state index contributed by atoms with van der Waals surface area (Å²) in [5.74, 6) is -0.181. The van der Waals surface area contributed by atoms with E-state index in [4.69, 9.17) is 11.6 Å². The van der Waals surface area contributed by atoms with Crippen LogP contribution in [0.3, 0.4) is 0 Å². The van der Waals surface area contributed by atoms with E-state index in [9.17, 15) is 9.59 Å². The van der Waals surface area contributed by atoms with Gasteiger partial charge in [0.1, 0.15) is 6.04 Å². The van der Waals surface area contributed by atoms with Gasteiger partial charge in [-0.2, -0.15) is 0 Å². The predicted octanol–water partition coefficient (Wildman–Crippen LogP) is 3.83. The quantitative estimate of drug-likeness (QED) is 0.765. The fourth-order valence-electron chi connectivity index (χ4n) is 2.86. The number of likely N-dealkylation sites (N-methyl/N-ethyl adjacent to an activating group) is 1. The van der Waals surface area contributed by atoms with Crippen LogP contribution in [0, 0.1) is 0 Å². The van der Waals surface area contributed by atoms with E-state index in [0.29, 0.717) is 24.4 Å². The van der Waals surface area contributed by atoms with Gasteiger partial charge in [0, 0.05) is 31.5 Å². The van der Waals surface area contributed by atoms with Gasteiger partial charge in [-0.1, -0.05) is 61.0 Å². The van der Waals surface area contributed by atoms with Crippen molar-refractivity contribution < 1.29 is 9.59 Å². The van der Waals surface area contributed by atoms with Gasteiger partial charge in [0.15, 0.2) is 0 Å². The fraction of sp³-hybridized carbons (Fsp3) is 0.333. The molecule has 0 aromatic heterocycles. The largest absolute Gasteiger partial charge is 0.357 e. The summed E-state index contributed by atoms with van der Waals surface area (Å²) < 4.78 is 0. The van der Waals surface area contributed by atoms with Crippen LogP contribution in [0.25, 0.3) is 0 Å². The molecular formula is C21H25ClN2O2. The second-order valence-corrected chi connectivity index (χ2v) is 6.65. The smallest absolute Gasteiger partial charge is 0.242 e. The Morgan fingerprint density at radius 2 is 1.69 bits per heavy atom. The van der Waals surface area contributed by atoms with E-state index in [1.54, 1.807) is 24.1 Å². The third kappa shape index (κ3) is 5.60. The molecule has 0 spiro atoms. The molecule has 0 bridgehead atoms. The maximum Gasteiger partial charge on any atom is 0.242 e. The van der Waals surface area contributed by atoms with E-state index in [1.165, 1.54) is 0 Å². The number of nitrogens with one attached hydrogen (secondary N) is 1. The van der Waals surface area contributed by atoms with Crippen molar-refractivity contribution >= 4 is 23.4 Å². The molecule has 0 heterocycles. The molecule has 5 heteroatoms. The normalized spacial score (nSPS) is 11.7. The zero-order chi connectivity index (χ0) is 18.9. The lowest BCUT2D eigenvalue weighted by atomic mass is 10.0. The highest BCUT2D eigenvalue weighted by Gasteiger charge is 2.29. The Labute approximate surface area is 160 Å². The summed E-state index contributed by atoms with van der Waals surface area (Å²) in [5, 5.41) is 3.35. The van der Waals surface area contributed by atoms with Gasteiger partial charge in [0.05, 0.1) is 0 Å². The highest BCUT2D eigenvalue weighted by atomic mass is 35.5. The minimum Gasteiger partial charge on any atom is -0.357 e. The number of rotatable bonds is 8. The molecule has 0 saturated heterocycles. The molecule has 0 unspecified atom stereocenters. The van der Waals surface area contributed by atoms with Crippen molar-refractivity contribution in [1.82, 2.24) is 10.2 Å². The number of halogens is 1. The monoisotopic (exact) mass is 372 g/mol. The molecule has 0 aliphatic heterocycles. The standard InChI is InChI=1S/C21H25ClN2O2/c1-3-7-20(25)24(15-17-10-12-18(22)13-11-17)19(21(26)23-2)14-16-8-5-4-6-9-16/h4-6,8-13,19H,3,7,14-15H2,1-2H3,(H,23,26)/t19-/m1/s1. The summed E-state index contributed by atoms with van der Waals surface area (Å²) in [7, 11) is 1.60. The molecule has 2 amide bonds. The van der Waals surface area contributed by atoms with Crippen molar-refractivity contribution in [3.05, 3.63) is 70.7 Å². The molecule has 0 radical (unpaired) electrons. The third-order valence-electron chi connectivity index (χ3n) is 4.25. The van der Waals surface area contributed by atoms with Gasteiger partial charge in [0.2, 0.25) is 11.8 Å². The van der Waals surface area contributed by atoms with Crippen molar-refractivity contribution in [3.63, 3.8) is 0 Å². The van der Waals surface area contributed by atoms with Crippen LogP contribution in [0.1, 0.15) is 30.9 Å². The Hall–Kier alpha value is -2.33. The SMILES string of the molecule is CCCC(=O)N(Cc1ccc(Cl)cc1)[C@H](Cc1ccccc1)C(=O)NC. The molecule has 0 fully saturated rings. The first-order valence-corrected chi connectivity index (χ1v) is 9.22. The van der Waals surface area contributed by atoms with Crippen molar-refractivity contribution in [2.45, 2.75) is 38.8 Å². The summed E-state index contributed by atoms with van der Waals surface area (Å²) in [4.78, 5) is 27.1. The second-order valence-electron chi connectivity index (χ2n) is 6.22. The van der Waals surface area contributed by atoms with Crippen LogP contribution >= 0.6 is 11.6 Å². The average Bonchev–Trinajstić information content (AvgIpc) is 2.66. The van der Waals surface area contributed by atoms with E-state index in [2.05, 4.69) is 5.32 Å². The first kappa shape index (κ1) is 20.0. The topological polar surface area (TPSA) is 49.4 Å². The number of carbonyl (C=O) groups is 2. The highest BCUT2D eigenvalue weighted by molar-refractivity contribution is 6.30. The van der Waals surface area contributed by atoms with E-state index >= 15 is 0 Å². The van der Waals surface area contributed by atoms with Crippen molar-refractivity contribution in [2.24, 2.45) is 0 Å². The molecule has 1 atom stereocenters. The van der Waals surface area contributed by atoms with Crippen LogP contribution in [0.15, 0.2) is 54.6 Å². The number of benzene rings is 2. The Morgan fingerprint density at radius 1 is 1.04 bits per heavy atom.